The summed E-state index contributed by atoms with van der Waals surface area (Å²) >= 11 is 0. The quantitative estimate of drug-likeness (QED) is 0.121. The van der Waals surface area contributed by atoms with Crippen LogP contribution < -0.4 is 0 Å². The normalized spacial score (nSPS) is 11.0. The Labute approximate surface area is 170 Å². The summed E-state index contributed by atoms with van der Waals surface area (Å²) in [5.74, 6) is -1.38. The van der Waals surface area contributed by atoms with Crippen molar-refractivity contribution in [1.29, 1.82) is 0 Å². The highest BCUT2D eigenvalue weighted by Crippen LogP contribution is 2.11. The van der Waals surface area contributed by atoms with Gasteiger partial charge in [0.1, 0.15) is 0 Å². The van der Waals surface area contributed by atoms with Crippen molar-refractivity contribution < 1.29 is 29.6 Å². The van der Waals surface area contributed by atoms with Gasteiger partial charge in [0.05, 0.1) is 13.2 Å². The van der Waals surface area contributed by atoms with Crippen LogP contribution in [0.4, 0.5) is 0 Å². The van der Waals surface area contributed by atoms with E-state index in [1.54, 1.807) is 0 Å². The van der Waals surface area contributed by atoms with Gasteiger partial charge >= 0.3 is 11.9 Å². The minimum absolute atomic E-state index is 0.299. The molecule has 0 aromatic carbocycles. The van der Waals surface area contributed by atoms with E-state index in [-0.39, 0.29) is 0 Å². The summed E-state index contributed by atoms with van der Waals surface area (Å²) < 4.78 is 0. The van der Waals surface area contributed by atoms with Gasteiger partial charge in [0.2, 0.25) is 0 Å². The molecule has 28 heavy (non-hydrogen) atoms. The number of hydrogen-bond donors (Lipinski definition) is 2. The number of hydrogen-bond acceptors (Lipinski definition) is 4. The van der Waals surface area contributed by atoms with Crippen molar-refractivity contribution in [3.8, 4) is 0 Å². The third kappa shape index (κ3) is 24.9. The number of rotatable bonds is 23. The molecule has 0 aliphatic rings. The summed E-state index contributed by atoms with van der Waals surface area (Å²) in [4.78, 5) is 31.2. The summed E-state index contributed by atoms with van der Waals surface area (Å²) in [5.41, 5.74) is 0. The molecule has 0 fully saturated rings. The van der Waals surface area contributed by atoms with Gasteiger partial charge < -0.3 is 10.2 Å². The Hall–Kier alpha value is -1.14. The van der Waals surface area contributed by atoms with Crippen molar-refractivity contribution >= 4 is 11.9 Å². The smallest absolute Gasteiger partial charge is 0.303 e. The van der Waals surface area contributed by atoms with Crippen LogP contribution in [0.5, 0.6) is 0 Å². The fourth-order valence-electron chi connectivity index (χ4n) is 3.11. The molecule has 0 aromatic heterocycles. The van der Waals surface area contributed by atoms with E-state index in [4.69, 9.17) is 20.0 Å². The molecule has 0 bridgehead atoms. The van der Waals surface area contributed by atoms with Crippen LogP contribution in [0.3, 0.4) is 0 Å². The molecule has 0 saturated heterocycles. The minimum atomic E-state index is -0.691. The molecule has 2 N–H and O–H groups in total. The third-order valence-electron chi connectivity index (χ3n) is 4.82. The first-order chi connectivity index (χ1) is 13.6. The molecule has 0 rings (SSSR count). The Kier molecular flexibility index (Phi) is 21.3. The van der Waals surface area contributed by atoms with Crippen LogP contribution in [0.25, 0.3) is 0 Å². The number of carbonyl (C=O) groups is 2. The zero-order chi connectivity index (χ0) is 20.7. The van der Waals surface area contributed by atoms with Crippen LogP contribution in [-0.4, -0.2) is 35.4 Å². The lowest BCUT2D eigenvalue weighted by Crippen LogP contribution is -1.99. The largest absolute Gasteiger partial charge is 0.481 e. The molecular weight excluding hydrogens is 360 g/mol. The highest BCUT2D eigenvalue weighted by molar-refractivity contribution is 5.66. The van der Waals surface area contributed by atoms with Crippen LogP contribution in [0.1, 0.15) is 116 Å². The zero-order valence-electron chi connectivity index (χ0n) is 17.7. The van der Waals surface area contributed by atoms with Gasteiger partial charge in [-0.3, -0.25) is 9.59 Å². The average molecular weight is 403 g/mol. The molecule has 0 aromatic rings. The third-order valence-corrected chi connectivity index (χ3v) is 4.82. The molecule has 0 unspecified atom stereocenters. The highest BCUT2D eigenvalue weighted by Gasteiger charge is 1.98. The maximum absolute atomic E-state index is 10.4. The molecule has 0 heterocycles. The summed E-state index contributed by atoms with van der Waals surface area (Å²) in [5, 5.41) is 17.1. The summed E-state index contributed by atoms with van der Waals surface area (Å²) in [7, 11) is 0. The van der Waals surface area contributed by atoms with Gasteiger partial charge in [0.15, 0.2) is 0 Å². The van der Waals surface area contributed by atoms with Crippen molar-refractivity contribution in [3.05, 3.63) is 0 Å². The van der Waals surface area contributed by atoms with E-state index in [1.807, 2.05) is 0 Å². The van der Waals surface area contributed by atoms with Crippen LogP contribution in [-0.2, 0) is 19.4 Å². The fourth-order valence-corrected chi connectivity index (χ4v) is 3.11. The molecule has 0 amide bonds. The minimum Gasteiger partial charge on any atom is -0.481 e. The Balaban J connectivity index is 3.01. The average Bonchev–Trinajstić information content (AvgIpc) is 2.65. The van der Waals surface area contributed by atoms with Gasteiger partial charge in [-0.2, -0.15) is 0 Å². The molecule has 166 valence electrons. The Morgan fingerprint density at radius 2 is 0.679 bits per heavy atom. The van der Waals surface area contributed by atoms with E-state index in [0.717, 1.165) is 64.2 Å². The van der Waals surface area contributed by atoms with Gasteiger partial charge in [-0.05, 0) is 25.7 Å². The van der Waals surface area contributed by atoms with Gasteiger partial charge in [-0.25, -0.2) is 9.78 Å². The van der Waals surface area contributed by atoms with Gasteiger partial charge in [0.25, 0.3) is 0 Å². The van der Waals surface area contributed by atoms with Crippen molar-refractivity contribution in [3.63, 3.8) is 0 Å². The van der Waals surface area contributed by atoms with Crippen molar-refractivity contribution in [1.82, 2.24) is 0 Å². The molecule has 0 aliphatic carbocycles. The van der Waals surface area contributed by atoms with E-state index in [1.165, 1.54) is 38.5 Å². The Morgan fingerprint density at radius 3 is 0.964 bits per heavy atom. The molecule has 0 atom stereocenters. The molecule has 0 radical (unpaired) electrons. The lowest BCUT2D eigenvalue weighted by molar-refractivity contribution is -0.295. The van der Waals surface area contributed by atoms with Crippen LogP contribution in [0.2, 0.25) is 0 Å². The van der Waals surface area contributed by atoms with Crippen molar-refractivity contribution in [2.45, 2.75) is 116 Å². The summed E-state index contributed by atoms with van der Waals surface area (Å²) in [6.45, 7) is 1.32. The van der Waals surface area contributed by atoms with Crippen LogP contribution >= 0.6 is 0 Å². The number of aliphatic carboxylic acids is 2. The number of carboxylic acids is 2. The lowest BCUT2D eigenvalue weighted by Gasteiger charge is -2.05. The topological polar surface area (TPSA) is 93.1 Å². The van der Waals surface area contributed by atoms with Crippen LogP contribution in [0.15, 0.2) is 0 Å². The van der Waals surface area contributed by atoms with Crippen molar-refractivity contribution in [2.75, 3.05) is 13.2 Å². The fraction of sp³-hybridized carbons (Fsp3) is 0.909. The maximum atomic E-state index is 10.4. The predicted molar refractivity (Wildman–Crippen MR) is 110 cm³/mol. The second-order valence-corrected chi connectivity index (χ2v) is 7.59. The highest BCUT2D eigenvalue weighted by atomic mass is 17.2. The summed E-state index contributed by atoms with van der Waals surface area (Å²) in [6, 6.07) is 0. The Morgan fingerprint density at radius 1 is 0.429 bits per heavy atom. The molecule has 0 spiro atoms. The van der Waals surface area contributed by atoms with E-state index >= 15 is 0 Å². The monoisotopic (exact) mass is 402 g/mol. The molecule has 0 saturated carbocycles. The first kappa shape index (κ1) is 26.9. The molecular formula is C22H42O6. The number of carboxylic acid groups (broad SMARTS) is 2. The number of unbranched alkanes of at least 4 members (excludes halogenated alkanes) is 14. The molecule has 6 heteroatoms. The second kappa shape index (κ2) is 22.2. The van der Waals surface area contributed by atoms with Gasteiger partial charge in [-0.15, -0.1) is 0 Å². The maximum Gasteiger partial charge on any atom is 0.303 e. The van der Waals surface area contributed by atoms with Gasteiger partial charge in [0, 0.05) is 12.8 Å². The SMILES string of the molecule is O=C(O)CCCCCCCCCCOOCCCCCCCCCCC(=O)O. The standard InChI is InChI=1S/C22H42O6/c23-21(24)17-13-9-5-1-3-7-11-15-19-27-28-20-16-12-8-4-2-6-10-14-18-22(25)26/h1-20H2,(H,23,24)(H,25,26). The van der Waals surface area contributed by atoms with E-state index in [0.29, 0.717) is 26.1 Å². The summed E-state index contributed by atoms with van der Waals surface area (Å²) in [6.07, 6.45) is 18.1. The van der Waals surface area contributed by atoms with Gasteiger partial charge in [-0.1, -0.05) is 77.0 Å². The second-order valence-electron chi connectivity index (χ2n) is 7.59. The van der Waals surface area contributed by atoms with E-state index in [2.05, 4.69) is 0 Å². The molecule has 6 nitrogen and oxygen atoms in total. The molecule has 0 aliphatic heterocycles. The Bertz CT molecular complexity index is 325. The van der Waals surface area contributed by atoms with E-state index in [9.17, 15) is 9.59 Å². The first-order valence-electron chi connectivity index (χ1n) is 11.3. The first-order valence-corrected chi connectivity index (χ1v) is 11.3. The van der Waals surface area contributed by atoms with Crippen molar-refractivity contribution in [2.24, 2.45) is 0 Å². The zero-order valence-corrected chi connectivity index (χ0v) is 17.7. The lowest BCUT2D eigenvalue weighted by atomic mass is 10.1. The van der Waals surface area contributed by atoms with E-state index < -0.39 is 11.9 Å². The predicted octanol–water partition coefficient (Wildman–Crippen LogP) is 6.13. The van der Waals surface area contributed by atoms with Crippen LogP contribution in [0, 0.1) is 0 Å².